The number of allylic oxidation sites excluding steroid dienone is 1. The zero-order valence-corrected chi connectivity index (χ0v) is 6.46. The van der Waals surface area contributed by atoms with Crippen LogP contribution in [0.3, 0.4) is 0 Å². The summed E-state index contributed by atoms with van der Waals surface area (Å²) in [7, 11) is 0. The van der Waals surface area contributed by atoms with Crippen LogP contribution in [0.15, 0.2) is 12.0 Å². The molecule has 0 atom stereocenters. The number of rotatable bonds is 1. The third kappa shape index (κ3) is 1.76. The van der Waals surface area contributed by atoms with Crippen LogP contribution in [0.4, 0.5) is 4.79 Å². The molecule has 0 aromatic heterocycles. The highest BCUT2D eigenvalue weighted by Gasteiger charge is 2.19. The average Bonchev–Trinajstić information content (AvgIpc) is 2.36. The van der Waals surface area contributed by atoms with Gasteiger partial charge in [0.1, 0.15) is 5.76 Å². The zero-order chi connectivity index (χ0) is 8.27. The molecule has 0 aromatic carbocycles. The molecule has 1 N–H and O–H groups in total. The number of hydrazine groups is 1. The fraction of sp³-hybridized carbons (Fsp3) is 0.500. The largest absolute Gasteiger partial charge is 0.463 e. The number of carbonyl (C=O) groups excluding carboxylic acids is 1. The van der Waals surface area contributed by atoms with Crippen molar-refractivity contribution in [1.29, 1.82) is 0 Å². The monoisotopic (exact) mass is 158 g/mol. The van der Waals surface area contributed by atoms with E-state index < -0.39 is 6.09 Å². The Morgan fingerprint density at radius 1 is 1.91 bits per heavy atom. The molecule has 1 aliphatic rings. The molecule has 0 fully saturated rings. The predicted molar refractivity (Wildman–Crippen MR) is 36.8 cm³/mol. The fourth-order valence-electron chi connectivity index (χ4n) is 0.618. The third-order valence-electron chi connectivity index (χ3n) is 1.05. The number of hydrogen-bond acceptors (Lipinski definition) is 4. The summed E-state index contributed by atoms with van der Waals surface area (Å²) in [6.07, 6.45) is 1.03. The van der Waals surface area contributed by atoms with Gasteiger partial charge in [-0.05, 0) is 19.0 Å². The second-order valence-corrected chi connectivity index (χ2v) is 1.97. The molecular weight excluding hydrogens is 148 g/mol. The van der Waals surface area contributed by atoms with Gasteiger partial charge in [0.2, 0.25) is 0 Å². The van der Waals surface area contributed by atoms with Gasteiger partial charge < -0.3 is 9.57 Å². The maximum absolute atomic E-state index is 10.9. The Balaban J connectivity index is 2.34. The number of nitrogens with one attached hydrogen (secondary N) is 1. The highest BCUT2D eigenvalue weighted by molar-refractivity contribution is 5.66. The van der Waals surface area contributed by atoms with Gasteiger partial charge >= 0.3 is 6.09 Å². The van der Waals surface area contributed by atoms with Crippen molar-refractivity contribution in [2.75, 3.05) is 6.61 Å². The molecule has 0 saturated heterocycles. The summed E-state index contributed by atoms with van der Waals surface area (Å²) in [6, 6.07) is 0. The molecule has 0 unspecified atom stereocenters. The quantitative estimate of drug-likeness (QED) is 0.612. The zero-order valence-electron chi connectivity index (χ0n) is 6.46. The van der Waals surface area contributed by atoms with Crippen LogP contribution in [0.5, 0.6) is 0 Å². The van der Waals surface area contributed by atoms with Crippen LogP contribution in [0.2, 0.25) is 0 Å². The minimum Gasteiger partial charge on any atom is -0.446 e. The second kappa shape index (κ2) is 3.14. The maximum atomic E-state index is 10.9. The molecule has 0 spiro atoms. The van der Waals surface area contributed by atoms with Gasteiger partial charge in [0.25, 0.3) is 0 Å². The summed E-state index contributed by atoms with van der Waals surface area (Å²) >= 11 is 0. The first-order valence-electron chi connectivity index (χ1n) is 3.32. The molecule has 1 rings (SSSR count). The number of hydroxylamine groups is 1. The molecule has 5 heteroatoms. The van der Waals surface area contributed by atoms with Crippen molar-refractivity contribution in [2.45, 2.75) is 13.8 Å². The molecular formula is C6H10N2O3. The van der Waals surface area contributed by atoms with Crippen molar-refractivity contribution in [3.05, 3.63) is 12.0 Å². The summed E-state index contributed by atoms with van der Waals surface area (Å²) in [5.41, 5.74) is 2.57. The Morgan fingerprint density at radius 2 is 2.64 bits per heavy atom. The topological polar surface area (TPSA) is 50.8 Å². The minimum absolute atomic E-state index is 0.333. The van der Waals surface area contributed by atoms with E-state index in [9.17, 15) is 4.79 Å². The Kier molecular flexibility index (Phi) is 2.20. The fourth-order valence-corrected chi connectivity index (χ4v) is 0.618. The Bertz CT molecular complexity index is 190. The number of carbonyl (C=O) groups is 1. The molecule has 1 heterocycles. The highest BCUT2D eigenvalue weighted by atomic mass is 16.8. The van der Waals surface area contributed by atoms with Crippen molar-refractivity contribution in [1.82, 2.24) is 10.6 Å². The van der Waals surface area contributed by atoms with E-state index in [1.54, 1.807) is 20.0 Å². The summed E-state index contributed by atoms with van der Waals surface area (Å²) in [6.45, 7) is 3.79. The first-order chi connectivity index (χ1) is 5.24. The van der Waals surface area contributed by atoms with Gasteiger partial charge in [-0.3, -0.25) is 5.43 Å². The van der Waals surface area contributed by atoms with Gasteiger partial charge in [-0.1, -0.05) is 0 Å². The van der Waals surface area contributed by atoms with Gasteiger partial charge in [0, 0.05) is 0 Å². The van der Waals surface area contributed by atoms with Gasteiger partial charge in [-0.2, -0.15) is 0 Å². The summed E-state index contributed by atoms with van der Waals surface area (Å²) in [5, 5.41) is 0.929. The highest BCUT2D eigenvalue weighted by Crippen LogP contribution is 2.06. The Labute approximate surface area is 64.5 Å². The second-order valence-electron chi connectivity index (χ2n) is 1.97. The van der Waals surface area contributed by atoms with E-state index in [1.807, 2.05) is 0 Å². The first-order valence-corrected chi connectivity index (χ1v) is 3.32. The van der Waals surface area contributed by atoms with Crippen molar-refractivity contribution < 1.29 is 14.4 Å². The number of nitrogens with zero attached hydrogens (tertiary/aromatic N) is 1. The smallest absolute Gasteiger partial charge is 0.446 e. The normalized spacial score (nSPS) is 15.1. The van der Waals surface area contributed by atoms with Crippen LogP contribution in [0.1, 0.15) is 13.8 Å². The molecule has 11 heavy (non-hydrogen) atoms. The van der Waals surface area contributed by atoms with Crippen molar-refractivity contribution in [3.8, 4) is 0 Å². The SMILES string of the molecule is CCOC(=O)N1NC=C(C)O1. The van der Waals surface area contributed by atoms with Gasteiger partial charge in [0.05, 0.1) is 12.8 Å². The number of ether oxygens (including phenoxy) is 1. The lowest BCUT2D eigenvalue weighted by atomic mass is 10.6. The van der Waals surface area contributed by atoms with E-state index >= 15 is 0 Å². The van der Waals surface area contributed by atoms with Crippen molar-refractivity contribution in [3.63, 3.8) is 0 Å². The summed E-state index contributed by atoms with van der Waals surface area (Å²) in [4.78, 5) is 15.8. The van der Waals surface area contributed by atoms with Gasteiger partial charge in [-0.15, -0.1) is 0 Å². The van der Waals surface area contributed by atoms with Crippen LogP contribution in [-0.2, 0) is 9.57 Å². The lowest BCUT2D eigenvalue weighted by Gasteiger charge is -2.13. The third-order valence-corrected chi connectivity index (χ3v) is 1.05. The predicted octanol–water partition coefficient (Wildman–Crippen LogP) is 0.756. The standard InChI is InChI=1S/C6H10N2O3/c1-3-10-6(9)8-7-4-5(2)11-8/h4,7H,3H2,1-2H3. The molecule has 0 bridgehead atoms. The first kappa shape index (κ1) is 7.71. The van der Waals surface area contributed by atoms with Crippen LogP contribution in [-0.4, -0.2) is 17.9 Å². The Morgan fingerprint density at radius 3 is 3.09 bits per heavy atom. The number of hydrogen-bond donors (Lipinski definition) is 1. The van der Waals surface area contributed by atoms with E-state index in [0.717, 1.165) is 5.17 Å². The van der Waals surface area contributed by atoms with Crippen LogP contribution < -0.4 is 5.43 Å². The van der Waals surface area contributed by atoms with Crippen molar-refractivity contribution >= 4 is 6.09 Å². The van der Waals surface area contributed by atoms with E-state index in [0.29, 0.717) is 12.4 Å². The number of amides is 1. The summed E-state index contributed by atoms with van der Waals surface area (Å²) < 4.78 is 4.64. The Hall–Kier alpha value is -1.39. The lowest BCUT2D eigenvalue weighted by Crippen LogP contribution is -2.35. The molecule has 62 valence electrons. The lowest BCUT2D eigenvalue weighted by molar-refractivity contribution is -0.103. The van der Waals surface area contributed by atoms with Gasteiger partial charge in [0.15, 0.2) is 0 Å². The average molecular weight is 158 g/mol. The van der Waals surface area contributed by atoms with E-state index in [1.165, 1.54) is 0 Å². The molecule has 0 aromatic rings. The molecule has 0 aliphatic carbocycles. The molecule has 1 amide bonds. The van der Waals surface area contributed by atoms with Crippen LogP contribution in [0.25, 0.3) is 0 Å². The van der Waals surface area contributed by atoms with Gasteiger partial charge in [-0.25, -0.2) is 4.79 Å². The molecule has 0 saturated carbocycles. The maximum Gasteiger partial charge on any atom is 0.463 e. The molecule has 1 aliphatic heterocycles. The van der Waals surface area contributed by atoms with E-state index in [2.05, 4.69) is 10.2 Å². The van der Waals surface area contributed by atoms with Crippen molar-refractivity contribution in [2.24, 2.45) is 0 Å². The molecule has 0 radical (unpaired) electrons. The molecule has 5 nitrogen and oxygen atoms in total. The minimum atomic E-state index is -0.541. The van der Waals surface area contributed by atoms with E-state index in [-0.39, 0.29) is 0 Å². The van der Waals surface area contributed by atoms with Crippen LogP contribution in [0, 0.1) is 0 Å². The van der Waals surface area contributed by atoms with E-state index in [4.69, 9.17) is 4.84 Å². The summed E-state index contributed by atoms with van der Waals surface area (Å²) in [5.74, 6) is 0.623. The van der Waals surface area contributed by atoms with Crippen LogP contribution >= 0.6 is 0 Å².